The summed E-state index contributed by atoms with van der Waals surface area (Å²) in [7, 11) is 15.4. The van der Waals surface area contributed by atoms with Gasteiger partial charge in [0.1, 0.15) is 23.5 Å². The molecule has 1 aliphatic heterocycles. The monoisotopic (exact) mass is 164 g/mol. The van der Waals surface area contributed by atoms with Crippen LogP contribution in [0.3, 0.4) is 0 Å². The molecule has 0 aliphatic carbocycles. The fourth-order valence-corrected chi connectivity index (χ4v) is 1.08. The van der Waals surface area contributed by atoms with Crippen LogP contribution in [0.2, 0.25) is 0 Å². The summed E-state index contributed by atoms with van der Waals surface area (Å²) in [6, 6.07) is 0. The Morgan fingerprint density at radius 2 is 1.92 bits per heavy atom. The van der Waals surface area contributed by atoms with Crippen LogP contribution < -0.4 is 0 Å². The van der Waals surface area contributed by atoms with Crippen molar-refractivity contribution in [2.75, 3.05) is 0 Å². The highest BCUT2D eigenvalue weighted by atomic mass is 16.6. The van der Waals surface area contributed by atoms with Crippen molar-refractivity contribution in [1.82, 2.24) is 0 Å². The lowest BCUT2D eigenvalue weighted by Crippen LogP contribution is -2.61. The average molecular weight is 164 g/mol. The summed E-state index contributed by atoms with van der Waals surface area (Å²) in [5.74, 6) is 0. The lowest BCUT2D eigenvalue weighted by Gasteiger charge is -2.40. The Kier molecular flexibility index (Phi) is 2.33. The minimum atomic E-state index is -2.39. The lowest BCUT2D eigenvalue weighted by molar-refractivity contribution is -0.145. The van der Waals surface area contributed by atoms with Gasteiger partial charge in [-0.2, -0.15) is 0 Å². The standard InChI is InChI=1S/C5H7B3O4/c6-4(5(7,8)11)2(9)1-3(10)12-4/h2-3,9-11H,1H2/t2-,3-,4+/m1/s1. The van der Waals surface area contributed by atoms with Crippen molar-refractivity contribution < 1.29 is 20.1 Å². The smallest absolute Gasteiger partial charge is 0.156 e. The van der Waals surface area contributed by atoms with Crippen LogP contribution in [-0.4, -0.2) is 62.2 Å². The van der Waals surface area contributed by atoms with Crippen molar-refractivity contribution in [3.05, 3.63) is 0 Å². The molecule has 0 amide bonds. The van der Waals surface area contributed by atoms with Crippen molar-refractivity contribution in [3.8, 4) is 0 Å². The number of hydrogen-bond donors (Lipinski definition) is 3. The summed E-state index contributed by atoms with van der Waals surface area (Å²) in [6.07, 6.45) is -2.69. The number of rotatable bonds is 1. The first-order chi connectivity index (χ1) is 5.27. The molecule has 1 heterocycles. The largest absolute Gasteiger partial charge is 0.407 e. The van der Waals surface area contributed by atoms with E-state index in [2.05, 4.69) is 4.74 Å². The van der Waals surface area contributed by atoms with Crippen LogP contribution in [-0.2, 0) is 4.74 Å². The van der Waals surface area contributed by atoms with E-state index in [0.717, 1.165) is 0 Å². The van der Waals surface area contributed by atoms with Gasteiger partial charge in [0.2, 0.25) is 0 Å². The highest BCUT2D eigenvalue weighted by molar-refractivity contribution is 6.44. The Morgan fingerprint density at radius 1 is 1.42 bits per heavy atom. The van der Waals surface area contributed by atoms with E-state index in [4.69, 9.17) is 33.8 Å². The summed E-state index contributed by atoms with van der Waals surface area (Å²) in [5, 5.41) is 24.9. The van der Waals surface area contributed by atoms with Crippen LogP contribution in [0.5, 0.6) is 0 Å². The Bertz CT molecular complexity index is 182. The van der Waals surface area contributed by atoms with E-state index in [1.165, 1.54) is 0 Å². The zero-order chi connectivity index (χ0) is 9.57. The first kappa shape index (κ1) is 10.1. The van der Waals surface area contributed by atoms with Crippen LogP contribution in [0.15, 0.2) is 0 Å². The second-order valence-corrected chi connectivity index (χ2v) is 2.94. The first-order valence-electron chi connectivity index (χ1n) is 3.40. The maximum atomic E-state index is 9.22. The van der Waals surface area contributed by atoms with Crippen molar-refractivity contribution >= 4 is 23.5 Å². The molecule has 0 aromatic carbocycles. The second kappa shape index (κ2) is 2.77. The molecule has 0 saturated carbocycles. The van der Waals surface area contributed by atoms with Crippen molar-refractivity contribution in [1.29, 1.82) is 0 Å². The van der Waals surface area contributed by atoms with Gasteiger partial charge in [0.05, 0.1) is 11.6 Å². The Hall–Kier alpha value is 0.0348. The van der Waals surface area contributed by atoms with Gasteiger partial charge in [-0.05, 0) is 0 Å². The van der Waals surface area contributed by atoms with Crippen LogP contribution in [0, 0.1) is 0 Å². The summed E-state index contributed by atoms with van der Waals surface area (Å²) >= 11 is 0. The summed E-state index contributed by atoms with van der Waals surface area (Å²) in [6.45, 7) is 0. The quantitative estimate of drug-likeness (QED) is 0.359. The van der Waals surface area contributed by atoms with Crippen LogP contribution in [0.25, 0.3) is 0 Å². The zero-order valence-corrected chi connectivity index (χ0v) is 6.34. The molecule has 1 rings (SSSR count). The van der Waals surface area contributed by atoms with E-state index in [-0.39, 0.29) is 6.42 Å². The number of aliphatic hydroxyl groups excluding tert-OH is 2. The molecule has 1 aliphatic rings. The summed E-state index contributed by atoms with van der Waals surface area (Å²) in [4.78, 5) is 0. The molecule has 3 N–H and O–H groups in total. The van der Waals surface area contributed by atoms with E-state index < -0.39 is 23.3 Å². The fourth-order valence-electron chi connectivity index (χ4n) is 1.08. The fraction of sp³-hybridized carbons (Fsp3) is 1.00. The van der Waals surface area contributed by atoms with Gasteiger partial charge >= 0.3 is 0 Å². The summed E-state index contributed by atoms with van der Waals surface area (Å²) < 4.78 is 4.61. The van der Waals surface area contributed by atoms with Gasteiger partial charge in [-0.15, -0.1) is 0 Å². The van der Waals surface area contributed by atoms with E-state index >= 15 is 0 Å². The van der Waals surface area contributed by atoms with Crippen molar-refractivity contribution in [2.24, 2.45) is 0 Å². The molecule has 7 heteroatoms. The van der Waals surface area contributed by atoms with Gasteiger partial charge in [0.15, 0.2) is 6.29 Å². The second-order valence-electron chi connectivity index (χ2n) is 2.94. The molecule has 1 saturated heterocycles. The predicted octanol–water partition coefficient (Wildman–Crippen LogP) is -3.07. The van der Waals surface area contributed by atoms with E-state index in [1.54, 1.807) is 0 Å². The third kappa shape index (κ3) is 1.42. The highest BCUT2D eigenvalue weighted by Crippen LogP contribution is 2.32. The van der Waals surface area contributed by atoms with Gasteiger partial charge in [0.25, 0.3) is 0 Å². The Balaban J connectivity index is 2.85. The normalized spacial score (nSPS) is 43.2. The van der Waals surface area contributed by atoms with Gasteiger partial charge in [-0.25, -0.2) is 0 Å². The third-order valence-corrected chi connectivity index (χ3v) is 1.88. The minimum Gasteiger partial charge on any atom is -0.407 e. The van der Waals surface area contributed by atoms with Gasteiger partial charge < -0.3 is 20.1 Å². The summed E-state index contributed by atoms with van der Waals surface area (Å²) in [5.41, 5.74) is -2.02. The molecule has 0 aromatic heterocycles. The lowest BCUT2D eigenvalue weighted by atomic mass is 9.48. The highest BCUT2D eigenvalue weighted by Gasteiger charge is 2.51. The van der Waals surface area contributed by atoms with E-state index in [1.807, 2.05) is 0 Å². The molecule has 0 aromatic rings. The molecule has 0 spiro atoms. The van der Waals surface area contributed by atoms with Gasteiger partial charge in [-0.1, -0.05) is 0 Å². The van der Waals surface area contributed by atoms with Crippen LogP contribution in [0.1, 0.15) is 6.42 Å². The predicted molar refractivity (Wildman–Crippen MR) is 42.7 cm³/mol. The van der Waals surface area contributed by atoms with Gasteiger partial charge in [-0.3, -0.25) is 0 Å². The first-order valence-corrected chi connectivity index (χ1v) is 3.40. The molecule has 12 heavy (non-hydrogen) atoms. The molecule has 1 fully saturated rings. The van der Waals surface area contributed by atoms with Crippen molar-refractivity contribution in [3.63, 3.8) is 0 Å². The number of ether oxygens (including phenoxy) is 1. The number of hydrogen-bond acceptors (Lipinski definition) is 4. The van der Waals surface area contributed by atoms with E-state index in [9.17, 15) is 5.11 Å². The van der Waals surface area contributed by atoms with Crippen LogP contribution >= 0.6 is 0 Å². The molecular formula is C5H7B3O4. The molecule has 60 valence electrons. The van der Waals surface area contributed by atoms with E-state index in [0.29, 0.717) is 0 Å². The Morgan fingerprint density at radius 3 is 2.08 bits per heavy atom. The average Bonchev–Trinajstić information content (AvgIpc) is 2.06. The zero-order valence-electron chi connectivity index (χ0n) is 6.34. The molecule has 3 atom stereocenters. The maximum Gasteiger partial charge on any atom is 0.156 e. The van der Waals surface area contributed by atoms with Gasteiger partial charge in [0, 0.05) is 11.8 Å². The minimum absolute atomic E-state index is 0.132. The molecule has 4 nitrogen and oxygen atoms in total. The third-order valence-electron chi connectivity index (χ3n) is 1.88. The molecule has 0 bridgehead atoms. The Labute approximate surface area is 74.1 Å². The maximum absolute atomic E-state index is 9.22. The molecule has 0 unspecified atom stereocenters. The SMILES string of the molecule is [B]C([B])(O)[C@@]1([B])O[C@@H](O)C[C@H]1O. The van der Waals surface area contributed by atoms with Crippen molar-refractivity contribution in [2.45, 2.75) is 29.7 Å². The number of aliphatic hydroxyl groups is 3. The van der Waals surface area contributed by atoms with Crippen LogP contribution in [0.4, 0.5) is 0 Å². The molecular weight excluding hydrogens is 156 g/mol. The molecule has 6 radical (unpaired) electrons. The topological polar surface area (TPSA) is 69.9 Å².